The van der Waals surface area contributed by atoms with Gasteiger partial charge in [-0.2, -0.15) is 17.1 Å². The molecular formula is C28H38FN5O3S. The number of hydrogen-bond donors (Lipinski definition) is 1. The predicted octanol–water partition coefficient (Wildman–Crippen LogP) is 3.92. The van der Waals surface area contributed by atoms with Crippen molar-refractivity contribution < 1.29 is 17.5 Å². The van der Waals surface area contributed by atoms with E-state index in [2.05, 4.69) is 15.2 Å². The van der Waals surface area contributed by atoms with E-state index < -0.39 is 16.2 Å². The maximum absolute atomic E-state index is 14.4. The number of benzene rings is 1. The van der Waals surface area contributed by atoms with Gasteiger partial charge in [0, 0.05) is 68.7 Å². The highest BCUT2D eigenvalue weighted by molar-refractivity contribution is 7.87. The summed E-state index contributed by atoms with van der Waals surface area (Å²) in [6, 6.07) is 11.7. The number of nitrogens with one attached hydrogen (secondary N) is 1. The minimum absolute atomic E-state index is 0.349. The number of hydrogen-bond acceptors (Lipinski definition) is 6. The molecule has 2 aliphatic rings. The second-order valence-corrected chi connectivity index (χ2v) is 12.1. The molecule has 0 atom stereocenters. The highest BCUT2D eigenvalue weighted by atomic mass is 32.2. The molecule has 0 radical (unpaired) electrons. The Labute approximate surface area is 225 Å². The molecule has 1 aromatic carbocycles. The Morgan fingerprint density at radius 2 is 1.79 bits per heavy atom. The van der Waals surface area contributed by atoms with Gasteiger partial charge in [0.2, 0.25) is 5.95 Å². The van der Waals surface area contributed by atoms with Crippen molar-refractivity contribution >= 4 is 21.1 Å². The highest BCUT2D eigenvalue weighted by Gasteiger charge is 2.28. The van der Waals surface area contributed by atoms with E-state index in [1.807, 2.05) is 24.3 Å². The Morgan fingerprint density at radius 1 is 1.00 bits per heavy atom. The molecule has 0 spiro atoms. The first-order chi connectivity index (χ1) is 18.5. The number of ether oxygens (including phenoxy) is 1. The molecule has 1 aliphatic heterocycles. The standard InChI is InChI=1S/C28H38FN5O3S/c29-28-23(8-7-13-31-28)20-32(17-19-37-18-14-30-25-9-6-10-25)21-24-22-34(27-12-3-2-11-26(24)27)38(35,36)33-15-4-1-5-16-33/h2-3,7-8,11-13,22,25,30H,1,4-6,9-10,14-21H2. The average molecular weight is 544 g/mol. The average Bonchev–Trinajstić information content (AvgIpc) is 3.28. The summed E-state index contributed by atoms with van der Waals surface area (Å²) in [6.45, 7) is 4.42. The van der Waals surface area contributed by atoms with Crippen LogP contribution in [0.3, 0.4) is 0 Å². The molecule has 0 unspecified atom stereocenters. The number of halogens is 1. The number of pyridine rings is 1. The van der Waals surface area contributed by atoms with Gasteiger partial charge in [-0.25, -0.2) is 8.96 Å². The maximum atomic E-state index is 14.4. The molecule has 1 saturated carbocycles. The molecule has 2 aromatic heterocycles. The van der Waals surface area contributed by atoms with E-state index in [1.165, 1.54) is 29.4 Å². The van der Waals surface area contributed by atoms with E-state index >= 15 is 0 Å². The van der Waals surface area contributed by atoms with Crippen molar-refractivity contribution in [3.8, 4) is 0 Å². The first-order valence-electron chi connectivity index (χ1n) is 13.7. The van der Waals surface area contributed by atoms with Crippen LogP contribution in [-0.2, 0) is 28.0 Å². The minimum atomic E-state index is -3.67. The van der Waals surface area contributed by atoms with Crippen LogP contribution in [0, 0.1) is 5.95 Å². The summed E-state index contributed by atoms with van der Waals surface area (Å²) in [5.41, 5.74) is 2.06. The first-order valence-corrected chi connectivity index (χ1v) is 15.1. The van der Waals surface area contributed by atoms with E-state index in [-0.39, 0.29) is 0 Å². The molecule has 5 rings (SSSR count). The molecule has 8 nitrogen and oxygen atoms in total. The summed E-state index contributed by atoms with van der Waals surface area (Å²) in [4.78, 5) is 5.90. The van der Waals surface area contributed by atoms with Crippen molar-refractivity contribution in [2.45, 2.75) is 57.7 Å². The van der Waals surface area contributed by atoms with Crippen LogP contribution < -0.4 is 5.32 Å². The van der Waals surface area contributed by atoms with Gasteiger partial charge in [-0.15, -0.1) is 0 Å². The number of fused-ring (bicyclic) bond motifs is 1. The van der Waals surface area contributed by atoms with E-state index in [9.17, 15) is 12.8 Å². The van der Waals surface area contributed by atoms with Gasteiger partial charge in [0.15, 0.2) is 0 Å². The van der Waals surface area contributed by atoms with Crippen molar-refractivity contribution in [3.05, 3.63) is 65.9 Å². The van der Waals surface area contributed by atoms with Crippen molar-refractivity contribution in [2.75, 3.05) is 39.4 Å². The van der Waals surface area contributed by atoms with Crippen molar-refractivity contribution in [2.24, 2.45) is 0 Å². The monoisotopic (exact) mass is 543 g/mol. The molecule has 3 heterocycles. The van der Waals surface area contributed by atoms with E-state index in [0.29, 0.717) is 63.1 Å². The van der Waals surface area contributed by atoms with Crippen LogP contribution in [0.2, 0.25) is 0 Å². The molecule has 10 heteroatoms. The molecular weight excluding hydrogens is 505 g/mol. The molecule has 1 saturated heterocycles. The lowest BCUT2D eigenvalue weighted by molar-refractivity contribution is 0.0964. The molecule has 1 N–H and O–H groups in total. The number of nitrogens with zero attached hydrogens (tertiary/aromatic N) is 4. The van der Waals surface area contributed by atoms with Gasteiger partial charge >= 0.3 is 10.2 Å². The Balaban J connectivity index is 1.33. The van der Waals surface area contributed by atoms with Gasteiger partial charge in [0.1, 0.15) is 0 Å². The quantitative estimate of drug-likeness (QED) is 0.260. The SMILES string of the molecule is O=S(=O)(N1CCCCC1)n1cc(CN(CCOCCNC2CCC2)Cc2cccnc2F)c2ccccc21. The van der Waals surface area contributed by atoms with Crippen molar-refractivity contribution in [1.82, 2.24) is 23.5 Å². The van der Waals surface area contributed by atoms with Crippen LogP contribution in [0.4, 0.5) is 4.39 Å². The van der Waals surface area contributed by atoms with Crippen LogP contribution in [0.1, 0.15) is 49.7 Å². The summed E-state index contributed by atoms with van der Waals surface area (Å²) in [7, 11) is -3.67. The van der Waals surface area contributed by atoms with E-state index in [1.54, 1.807) is 22.6 Å². The molecule has 2 fully saturated rings. The van der Waals surface area contributed by atoms with Crippen molar-refractivity contribution in [3.63, 3.8) is 0 Å². The summed E-state index contributed by atoms with van der Waals surface area (Å²) in [5, 5.41) is 4.38. The highest BCUT2D eigenvalue weighted by Crippen LogP contribution is 2.27. The fraction of sp³-hybridized carbons (Fsp3) is 0.536. The molecule has 1 aliphatic carbocycles. The van der Waals surface area contributed by atoms with Gasteiger partial charge in [0.25, 0.3) is 0 Å². The lowest BCUT2D eigenvalue weighted by Gasteiger charge is -2.26. The Morgan fingerprint density at radius 3 is 2.55 bits per heavy atom. The Bertz CT molecular complexity index is 1300. The second kappa shape index (κ2) is 12.7. The zero-order valence-electron chi connectivity index (χ0n) is 21.9. The van der Waals surface area contributed by atoms with Crippen LogP contribution in [0.5, 0.6) is 0 Å². The largest absolute Gasteiger partial charge is 0.379 e. The number of rotatable bonds is 13. The smallest absolute Gasteiger partial charge is 0.307 e. The minimum Gasteiger partial charge on any atom is -0.379 e. The molecule has 0 bridgehead atoms. The van der Waals surface area contributed by atoms with Gasteiger partial charge in [-0.05, 0) is 43.4 Å². The number of piperidine rings is 1. The Hall–Kier alpha value is -2.37. The summed E-state index contributed by atoms with van der Waals surface area (Å²) in [5.74, 6) is -0.488. The van der Waals surface area contributed by atoms with Gasteiger partial charge in [0.05, 0.1) is 18.7 Å². The van der Waals surface area contributed by atoms with Gasteiger partial charge < -0.3 is 10.1 Å². The van der Waals surface area contributed by atoms with Crippen LogP contribution >= 0.6 is 0 Å². The third kappa shape index (κ3) is 6.43. The topological polar surface area (TPSA) is 79.7 Å². The second-order valence-electron chi connectivity index (χ2n) is 10.3. The fourth-order valence-corrected chi connectivity index (χ4v) is 6.87. The van der Waals surface area contributed by atoms with Crippen LogP contribution in [-0.4, -0.2) is 72.0 Å². The lowest BCUT2D eigenvalue weighted by Crippen LogP contribution is -2.39. The van der Waals surface area contributed by atoms with Gasteiger partial charge in [-0.3, -0.25) is 4.90 Å². The third-order valence-corrected chi connectivity index (χ3v) is 9.43. The summed E-state index contributed by atoms with van der Waals surface area (Å²) >= 11 is 0. The van der Waals surface area contributed by atoms with Crippen LogP contribution in [0.25, 0.3) is 10.9 Å². The predicted molar refractivity (Wildman–Crippen MR) is 146 cm³/mol. The van der Waals surface area contributed by atoms with E-state index in [4.69, 9.17) is 4.74 Å². The molecule has 38 heavy (non-hydrogen) atoms. The lowest BCUT2D eigenvalue weighted by atomic mass is 9.93. The number of para-hydroxylation sites is 1. The zero-order chi connectivity index (χ0) is 26.4. The maximum Gasteiger partial charge on any atom is 0.307 e. The number of aromatic nitrogens is 2. The third-order valence-electron chi connectivity index (χ3n) is 7.61. The Kier molecular flexibility index (Phi) is 9.06. The van der Waals surface area contributed by atoms with E-state index in [0.717, 1.165) is 36.8 Å². The molecule has 3 aromatic rings. The van der Waals surface area contributed by atoms with Crippen molar-refractivity contribution in [1.29, 1.82) is 0 Å². The zero-order valence-corrected chi connectivity index (χ0v) is 22.7. The fourth-order valence-electron chi connectivity index (χ4n) is 5.23. The normalized spacial score (nSPS) is 17.3. The summed E-state index contributed by atoms with van der Waals surface area (Å²) in [6.07, 6.45) is 9.79. The van der Waals surface area contributed by atoms with Crippen LogP contribution in [0.15, 0.2) is 48.8 Å². The molecule has 206 valence electrons. The first kappa shape index (κ1) is 27.2. The molecule has 0 amide bonds. The summed E-state index contributed by atoms with van der Waals surface area (Å²) < 4.78 is 50.5. The van der Waals surface area contributed by atoms with Gasteiger partial charge in [-0.1, -0.05) is 37.1 Å².